The number of benzene rings is 1. The van der Waals surface area contributed by atoms with Gasteiger partial charge in [0.2, 0.25) is 0 Å². The van der Waals surface area contributed by atoms with Crippen LogP contribution in [0.2, 0.25) is 0 Å². The molecule has 1 rings (SSSR count). The number of aliphatic carboxylic acids is 1. The zero-order valence-electron chi connectivity index (χ0n) is 8.95. The summed E-state index contributed by atoms with van der Waals surface area (Å²) in [5, 5.41) is 8.10. The van der Waals surface area contributed by atoms with Crippen molar-refractivity contribution < 1.29 is 9.90 Å². The molecule has 0 saturated heterocycles. The van der Waals surface area contributed by atoms with Crippen molar-refractivity contribution in [2.75, 3.05) is 5.88 Å². The fourth-order valence-corrected chi connectivity index (χ4v) is 1.09. The summed E-state index contributed by atoms with van der Waals surface area (Å²) in [6.07, 6.45) is 1.74. The number of alkyl halides is 1. The summed E-state index contributed by atoms with van der Waals surface area (Å²) >= 11 is 5.29. The maximum absolute atomic E-state index is 9.83. The maximum Gasteiger partial charge on any atom is 0.303 e. The molecule has 84 valence electrons. The third kappa shape index (κ3) is 10.9. The van der Waals surface area contributed by atoms with E-state index in [1.54, 1.807) is 0 Å². The average molecular weight is 229 g/mol. The Morgan fingerprint density at radius 2 is 1.87 bits per heavy atom. The zero-order chi connectivity index (χ0) is 11.5. The van der Waals surface area contributed by atoms with Crippen molar-refractivity contribution in [1.29, 1.82) is 0 Å². The third-order valence-corrected chi connectivity index (χ3v) is 1.98. The second-order valence-electron chi connectivity index (χ2n) is 3.19. The normalized spacial score (nSPS) is 8.93. The first kappa shape index (κ1) is 14.0. The molecule has 2 nitrogen and oxygen atoms in total. The van der Waals surface area contributed by atoms with Crippen molar-refractivity contribution in [3.63, 3.8) is 0 Å². The molecule has 0 spiro atoms. The lowest BCUT2D eigenvalue weighted by Gasteiger charge is -1.88. The minimum absolute atomic E-state index is 0.243. The van der Waals surface area contributed by atoms with E-state index in [4.69, 9.17) is 16.7 Å². The van der Waals surface area contributed by atoms with Gasteiger partial charge in [0.15, 0.2) is 0 Å². The molecule has 0 heterocycles. The van der Waals surface area contributed by atoms with Gasteiger partial charge in [-0.15, -0.1) is 11.6 Å². The highest BCUT2D eigenvalue weighted by atomic mass is 35.5. The number of halogens is 1. The Kier molecular flexibility index (Phi) is 8.88. The molecule has 1 aromatic carbocycles. The Bertz CT molecular complexity index is 260. The lowest BCUT2D eigenvalue weighted by molar-refractivity contribution is -0.137. The van der Waals surface area contributed by atoms with E-state index in [0.29, 0.717) is 12.3 Å². The van der Waals surface area contributed by atoms with E-state index in [-0.39, 0.29) is 6.42 Å². The van der Waals surface area contributed by atoms with E-state index in [1.807, 2.05) is 18.2 Å². The van der Waals surface area contributed by atoms with Gasteiger partial charge in [-0.2, -0.15) is 0 Å². The number of carboxylic acid groups (broad SMARTS) is 1. The van der Waals surface area contributed by atoms with Crippen LogP contribution < -0.4 is 0 Å². The molecule has 1 N–H and O–H groups in total. The fraction of sp³-hybridized carbons (Fsp3) is 0.417. The van der Waals surface area contributed by atoms with Crippen LogP contribution in [0.1, 0.15) is 24.8 Å². The molecule has 0 aliphatic rings. The molecule has 0 aromatic heterocycles. The van der Waals surface area contributed by atoms with Gasteiger partial charge in [0, 0.05) is 12.3 Å². The van der Waals surface area contributed by atoms with Crippen molar-refractivity contribution >= 4 is 17.6 Å². The number of carbonyl (C=O) groups is 1. The summed E-state index contributed by atoms with van der Waals surface area (Å²) in [4.78, 5) is 9.83. The molecular formula is C12H17ClO2. The summed E-state index contributed by atoms with van der Waals surface area (Å²) in [5.74, 6) is -0.178. The molecule has 0 radical (unpaired) electrons. The van der Waals surface area contributed by atoms with Crippen LogP contribution in [-0.4, -0.2) is 17.0 Å². The second kappa shape index (κ2) is 9.53. The summed E-state index contributed by atoms with van der Waals surface area (Å²) in [6.45, 7) is 2.08. The minimum atomic E-state index is -0.741. The number of rotatable bonds is 4. The van der Waals surface area contributed by atoms with Gasteiger partial charge in [0.1, 0.15) is 0 Å². The zero-order valence-corrected chi connectivity index (χ0v) is 9.70. The molecule has 0 aliphatic carbocycles. The standard InChI is InChI=1S/C7H8.C5H9ClO2/c1-7-5-3-2-4-6-7;6-4-2-1-3-5(7)8/h2-6H,1H3;1-4H2,(H,7,8). The highest BCUT2D eigenvalue weighted by Gasteiger charge is 1.93. The molecular weight excluding hydrogens is 212 g/mol. The summed E-state index contributed by atoms with van der Waals surface area (Å²) in [5.41, 5.74) is 1.32. The monoisotopic (exact) mass is 228 g/mol. The predicted molar refractivity (Wildman–Crippen MR) is 63.4 cm³/mol. The molecule has 0 unspecified atom stereocenters. The Labute approximate surface area is 95.9 Å². The average Bonchev–Trinajstić information content (AvgIpc) is 2.20. The van der Waals surface area contributed by atoms with Crippen molar-refractivity contribution in [3.8, 4) is 0 Å². The molecule has 0 saturated carbocycles. The quantitative estimate of drug-likeness (QED) is 0.633. The van der Waals surface area contributed by atoms with Gasteiger partial charge in [0.05, 0.1) is 0 Å². The molecule has 0 bridgehead atoms. The van der Waals surface area contributed by atoms with Crippen LogP contribution in [0.5, 0.6) is 0 Å². The van der Waals surface area contributed by atoms with Gasteiger partial charge >= 0.3 is 5.97 Å². The first-order valence-corrected chi connectivity index (χ1v) is 5.49. The highest BCUT2D eigenvalue weighted by molar-refractivity contribution is 6.17. The predicted octanol–water partition coefficient (Wildman–Crippen LogP) is 3.48. The number of carboxylic acids is 1. The lowest BCUT2D eigenvalue weighted by Crippen LogP contribution is -1.93. The van der Waals surface area contributed by atoms with Crippen LogP contribution in [0.15, 0.2) is 30.3 Å². The number of aryl methyl sites for hydroxylation is 1. The SMILES string of the molecule is Cc1ccccc1.O=C(O)CCCCCl. The van der Waals surface area contributed by atoms with Crippen molar-refractivity contribution in [2.24, 2.45) is 0 Å². The van der Waals surface area contributed by atoms with Gasteiger partial charge in [-0.05, 0) is 19.8 Å². The van der Waals surface area contributed by atoms with Crippen LogP contribution in [0.3, 0.4) is 0 Å². The maximum atomic E-state index is 9.83. The van der Waals surface area contributed by atoms with E-state index in [2.05, 4.69) is 19.1 Å². The summed E-state index contributed by atoms with van der Waals surface area (Å²) in [6, 6.07) is 10.3. The third-order valence-electron chi connectivity index (χ3n) is 1.71. The number of unbranched alkanes of at least 4 members (excludes halogenated alkanes) is 1. The molecule has 0 aliphatic heterocycles. The Morgan fingerprint density at radius 1 is 1.27 bits per heavy atom. The van der Waals surface area contributed by atoms with Crippen LogP contribution >= 0.6 is 11.6 Å². The number of hydrogen-bond donors (Lipinski definition) is 1. The van der Waals surface area contributed by atoms with Crippen LogP contribution in [0, 0.1) is 6.92 Å². The molecule has 0 amide bonds. The van der Waals surface area contributed by atoms with Gasteiger partial charge in [-0.1, -0.05) is 35.9 Å². The van der Waals surface area contributed by atoms with E-state index < -0.39 is 5.97 Å². The van der Waals surface area contributed by atoms with Crippen molar-refractivity contribution in [3.05, 3.63) is 35.9 Å². The first-order valence-electron chi connectivity index (χ1n) is 4.96. The van der Waals surface area contributed by atoms with Crippen LogP contribution in [0.25, 0.3) is 0 Å². The second-order valence-corrected chi connectivity index (χ2v) is 3.57. The van der Waals surface area contributed by atoms with E-state index in [1.165, 1.54) is 5.56 Å². The van der Waals surface area contributed by atoms with E-state index in [9.17, 15) is 4.79 Å². The van der Waals surface area contributed by atoms with Gasteiger partial charge in [0.25, 0.3) is 0 Å². The first-order chi connectivity index (χ1) is 7.16. The van der Waals surface area contributed by atoms with E-state index in [0.717, 1.165) is 6.42 Å². The minimum Gasteiger partial charge on any atom is -0.481 e. The largest absolute Gasteiger partial charge is 0.481 e. The number of hydrogen-bond acceptors (Lipinski definition) is 1. The van der Waals surface area contributed by atoms with Crippen LogP contribution in [0.4, 0.5) is 0 Å². The molecule has 15 heavy (non-hydrogen) atoms. The Morgan fingerprint density at radius 3 is 2.20 bits per heavy atom. The molecule has 0 fully saturated rings. The smallest absolute Gasteiger partial charge is 0.303 e. The highest BCUT2D eigenvalue weighted by Crippen LogP contribution is 1.95. The Hall–Kier alpha value is -1.02. The van der Waals surface area contributed by atoms with Crippen LogP contribution in [-0.2, 0) is 4.79 Å². The van der Waals surface area contributed by atoms with Crippen molar-refractivity contribution in [1.82, 2.24) is 0 Å². The van der Waals surface area contributed by atoms with E-state index >= 15 is 0 Å². The summed E-state index contributed by atoms with van der Waals surface area (Å²) in [7, 11) is 0. The Balaban J connectivity index is 0.000000262. The molecule has 3 heteroatoms. The van der Waals surface area contributed by atoms with Gasteiger partial charge in [-0.3, -0.25) is 4.79 Å². The molecule has 1 aromatic rings. The summed E-state index contributed by atoms with van der Waals surface area (Å²) < 4.78 is 0. The topological polar surface area (TPSA) is 37.3 Å². The lowest BCUT2D eigenvalue weighted by atomic mass is 10.2. The molecule has 0 atom stereocenters. The fourth-order valence-electron chi connectivity index (χ4n) is 0.905. The van der Waals surface area contributed by atoms with Gasteiger partial charge < -0.3 is 5.11 Å². The van der Waals surface area contributed by atoms with Gasteiger partial charge in [-0.25, -0.2) is 0 Å². The van der Waals surface area contributed by atoms with Crippen molar-refractivity contribution in [2.45, 2.75) is 26.2 Å².